The maximum absolute atomic E-state index is 13.3. The van der Waals surface area contributed by atoms with Crippen LogP contribution in [-0.4, -0.2) is 37.0 Å². The number of methoxy groups -OCH3 is 2. The topological polar surface area (TPSA) is 84.9 Å². The second-order valence-electron chi connectivity index (χ2n) is 7.44. The molecule has 3 aromatic rings. The molecule has 0 unspecified atom stereocenters. The number of halogens is 1. The van der Waals surface area contributed by atoms with Crippen molar-refractivity contribution in [3.63, 3.8) is 0 Å². The van der Waals surface area contributed by atoms with E-state index in [4.69, 9.17) is 21.1 Å². The molecule has 0 saturated heterocycles. The lowest BCUT2D eigenvalue weighted by Crippen LogP contribution is -2.32. The Balaban J connectivity index is 1.75. The van der Waals surface area contributed by atoms with Gasteiger partial charge in [-0.1, -0.05) is 48.0 Å². The van der Waals surface area contributed by atoms with Gasteiger partial charge in [0, 0.05) is 28.4 Å². The van der Waals surface area contributed by atoms with Crippen molar-refractivity contribution in [3.8, 4) is 0 Å². The molecule has 1 aliphatic heterocycles. The van der Waals surface area contributed by atoms with Gasteiger partial charge in [0.2, 0.25) is 0 Å². The lowest BCUT2D eigenvalue weighted by atomic mass is 10.1. The first-order chi connectivity index (χ1) is 15.9. The number of rotatable bonds is 6. The van der Waals surface area contributed by atoms with E-state index in [2.05, 4.69) is 5.32 Å². The fourth-order valence-electron chi connectivity index (χ4n) is 3.84. The lowest BCUT2D eigenvalue weighted by molar-refractivity contribution is 0.0598. The first kappa shape index (κ1) is 22.4. The third-order valence-electron chi connectivity index (χ3n) is 5.44. The second kappa shape index (κ2) is 9.34. The molecule has 168 valence electrons. The summed E-state index contributed by atoms with van der Waals surface area (Å²) in [7, 11) is 2.52. The van der Waals surface area contributed by atoms with Gasteiger partial charge >= 0.3 is 11.9 Å². The predicted molar refractivity (Wildman–Crippen MR) is 123 cm³/mol. The highest BCUT2D eigenvalue weighted by Gasteiger charge is 2.37. The van der Waals surface area contributed by atoms with Crippen molar-refractivity contribution in [2.45, 2.75) is 12.7 Å². The average Bonchev–Trinajstić information content (AvgIpc) is 3.10. The largest absolute Gasteiger partial charge is 0.465 e. The number of carbonyl (C=O) groups excluding carboxylic acids is 3. The van der Waals surface area contributed by atoms with Crippen molar-refractivity contribution in [1.82, 2.24) is 4.90 Å². The third kappa shape index (κ3) is 4.40. The van der Waals surface area contributed by atoms with Crippen molar-refractivity contribution in [1.29, 1.82) is 0 Å². The number of hydrogen-bond acceptors (Lipinski definition) is 6. The summed E-state index contributed by atoms with van der Waals surface area (Å²) in [4.78, 5) is 39.3. The van der Waals surface area contributed by atoms with Crippen LogP contribution < -0.4 is 5.32 Å². The molecule has 0 saturated carbocycles. The van der Waals surface area contributed by atoms with Gasteiger partial charge in [-0.05, 0) is 35.9 Å². The van der Waals surface area contributed by atoms with E-state index in [-0.39, 0.29) is 23.6 Å². The minimum absolute atomic E-state index is 0.152. The quantitative estimate of drug-likeness (QED) is 0.533. The van der Waals surface area contributed by atoms with Gasteiger partial charge in [0.15, 0.2) is 0 Å². The number of nitrogens with zero attached hydrogens (tertiary/aromatic N) is 1. The SMILES string of the molecule is COC(=O)c1cc(N[C@H]2c3ccccc3C(=O)N2Cc2ccccc2Cl)cc(C(=O)OC)c1. The number of nitrogens with one attached hydrogen (secondary N) is 1. The Morgan fingerprint density at radius 1 is 0.939 bits per heavy atom. The number of anilines is 1. The number of hydrogen-bond donors (Lipinski definition) is 1. The molecular formula is C25H21ClN2O5. The molecule has 0 fully saturated rings. The Kier molecular flexibility index (Phi) is 6.33. The molecule has 0 aromatic heterocycles. The van der Waals surface area contributed by atoms with Crippen molar-refractivity contribution in [2.24, 2.45) is 0 Å². The molecule has 4 rings (SSSR count). The molecule has 1 atom stereocenters. The molecule has 1 aliphatic rings. The van der Waals surface area contributed by atoms with Crippen molar-refractivity contribution in [2.75, 3.05) is 19.5 Å². The molecule has 1 amide bonds. The zero-order chi connectivity index (χ0) is 23.5. The Morgan fingerprint density at radius 2 is 1.55 bits per heavy atom. The molecule has 8 heteroatoms. The number of amides is 1. The molecule has 3 aromatic carbocycles. The highest BCUT2D eigenvalue weighted by atomic mass is 35.5. The van der Waals surface area contributed by atoms with Crippen LogP contribution in [0.1, 0.15) is 48.4 Å². The fourth-order valence-corrected chi connectivity index (χ4v) is 4.03. The Morgan fingerprint density at radius 3 is 2.18 bits per heavy atom. The van der Waals surface area contributed by atoms with Crippen LogP contribution in [0.2, 0.25) is 5.02 Å². The van der Waals surface area contributed by atoms with E-state index in [9.17, 15) is 14.4 Å². The minimum atomic E-state index is -0.598. The summed E-state index contributed by atoms with van der Waals surface area (Å²) >= 11 is 6.35. The Hall–Kier alpha value is -3.84. The highest BCUT2D eigenvalue weighted by Crippen LogP contribution is 2.36. The average molecular weight is 465 g/mol. The van der Waals surface area contributed by atoms with Crippen LogP contribution in [0.3, 0.4) is 0 Å². The van der Waals surface area contributed by atoms with E-state index in [0.29, 0.717) is 16.3 Å². The maximum atomic E-state index is 13.3. The van der Waals surface area contributed by atoms with Crippen molar-refractivity contribution >= 4 is 35.1 Å². The zero-order valence-corrected chi connectivity index (χ0v) is 18.8. The third-order valence-corrected chi connectivity index (χ3v) is 5.80. The molecule has 7 nitrogen and oxygen atoms in total. The zero-order valence-electron chi connectivity index (χ0n) is 18.0. The van der Waals surface area contributed by atoms with Gasteiger partial charge in [-0.3, -0.25) is 4.79 Å². The molecule has 0 aliphatic carbocycles. The van der Waals surface area contributed by atoms with Crippen molar-refractivity contribution in [3.05, 3.63) is 99.6 Å². The number of fused-ring (bicyclic) bond motifs is 1. The fraction of sp³-hybridized carbons (Fsp3) is 0.160. The van der Waals surface area contributed by atoms with Crippen LogP contribution in [0, 0.1) is 0 Å². The van der Waals surface area contributed by atoms with E-state index in [1.807, 2.05) is 30.3 Å². The summed E-state index contributed by atoms with van der Waals surface area (Å²) in [6.07, 6.45) is -0.552. The number of ether oxygens (including phenoxy) is 2. The minimum Gasteiger partial charge on any atom is -0.465 e. The van der Waals surface area contributed by atoms with Crippen LogP contribution in [0.15, 0.2) is 66.7 Å². The van der Waals surface area contributed by atoms with Crippen LogP contribution >= 0.6 is 11.6 Å². The van der Waals surface area contributed by atoms with Crippen LogP contribution in [0.4, 0.5) is 5.69 Å². The normalized spacial score (nSPS) is 14.6. The first-order valence-electron chi connectivity index (χ1n) is 10.1. The standard InChI is InChI=1S/C25H21ClN2O5/c1-32-24(30)16-11-17(25(31)33-2)13-18(12-16)27-22-19-8-4-5-9-20(19)23(29)28(22)14-15-7-3-6-10-21(15)26/h3-13,22,27H,14H2,1-2H3/t22-/m1/s1. The van der Waals surface area contributed by atoms with Gasteiger partial charge in [-0.25, -0.2) is 9.59 Å². The highest BCUT2D eigenvalue weighted by molar-refractivity contribution is 6.31. The monoisotopic (exact) mass is 464 g/mol. The molecule has 33 heavy (non-hydrogen) atoms. The lowest BCUT2D eigenvalue weighted by Gasteiger charge is -2.28. The molecule has 1 N–H and O–H groups in total. The number of benzene rings is 3. The molecular weight excluding hydrogens is 444 g/mol. The number of esters is 2. The summed E-state index contributed by atoms with van der Waals surface area (Å²) in [6, 6.07) is 19.1. The van der Waals surface area contributed by atoms with E-state index in [1.54, 1.807) is 35.2 Å². The molecule has 0 spiro atoms. The maximum Gasteiger partial charge on any atom is 0.337 e. The molecule has 0 radical (unpaired) electrons. The molecule has 1 heterocycles. The van der Waals surface area contributed by atoms with Gasteiger partial charge in [-0.2, -0.15) is 0 Å². The van der Waals surface area contributed by atoms with Crippen LogP contribution in [0.5, 0.6) is 0 Å². The summed E-state index contributed by atoms with van der Waals surface area (Å²) in [5, 5.41) is 3.86. The second-order valence-corrected chi connectivity index (χ2v) is 7.85. The summed E-state index contributed by atoms with van der Waals surface area (Å²) in [6.45, 7) is 0.269. The van der Waals surface area contributed by atoms with E-state index < -0.39 is 18.1 Å². The van der Waals surface area contributed by atoms with E-state index in [0.717, 1.165) is 11.1 Å². The van der Waals surface area contributed by atoms with Gasteiger partial charge in [0.25, 0.3) is 5.91 Å². The molecule has 0 bridgehead atoms. The van der Waals surface area contributed by atoms with Crippen LogP contribution in [-0.2, 0) is 16.0 Å². The van der Waals surface area contributed by atoms with Gasteiger partial charge in [0.05, 0.1) is 25.3 Å². The Bertz CT molecular complexity index is 1210. The predicted octanol–water partition coefficient (Wildman–Crippen LogP) is 4.68. The summed E-state index contributed by atoms with van der Waals surface area (Å²) in [5.74, 6) is -1.35. The van der Waals surface area contributed by atoms with E-state index >= 15 is 0 Å². The first-order valence-corrected chi connectivity index (χ1v) is 10.5. The van der Waals surface area contributed by atoms with Crippen molar-refractivity contribution < 1.29 is 23.9 Å². The van der Waals surface area contributed by atoms with Crippen LogP contribution in [0.25, 0.3) is 0 Å². The Labute approximate surface area is 195 Å². The van der Waals surface area contributed by atoms with Gasteiger partial charge < -0.3 is 19.7 Å². The van der Waals surface area contributed by atoms with Gasteiger partial charge in [0.1, 0.15) is 6.17 Å². The smallest absolute Gasteiger partial charge is 0.337 e. The number of carbonyl (C=O) groups is 3. The summed E-state index contributed by atoms with van der Waals surface area (Å²) < 4.78 is 9.64. The van der Waals surface area contributed by atoms with Gasteiger partial charge in [-0.15, -0.1) is 0 Å². The summed E-state index contributed by atoms with van der Waals surface area (Å²) in [5.41, 5.74) is 2.95. The van der Waals surface area contributed by atoms with E-state index in [1.165, 1.54) is 20.3 Å².